The molecule has 1 aliphatic heterocycles. The minimum atomic E-state index is -0.465. The topological polar surface area (TPSA) is 55.8 Å². The second kappa shape index (κ2) is 3.87. The summed E-state index contributed by atoms with van der Waals surface area (Å²) in [6, 6.07) is 1.32. The monoisotopic (exact) mass is 242 g/mol. The summed E-state index contributed by atoms with van der Waals surface area (Å²) in [5.74, 6) is -0.263. The average molecular weight is 243 g/mol. The van der Waals surface area contributed by atoms with E-state index in [4.69, 9.17) is 21.1 Å². The molecule has 2 rings (SSSR count). The molecular weight excluding hydrogens is 232 g/mol. The van der Waals surface area contributed by atoms with Crippen LogP contribution < -0.4 is 4.74 Å². The van der Waals surface area contributed by atoms with Gasteiger partial charge in [0.2, 0.25) is 0 Å². The highest BCUT2D eigenvalue weighted by Crippen LogP contribution is 2.39. The first-order chi connectivity index (χ1) is 7.54. The van der Waals surface area contributed by atoms with Crippen LogP contribution in [0, 0.1) is 0 Å². The molecule has 0 aromatic heterocycles. The Labute approximate surface area is 97.7 Å². The van der Waals surface area contributed by atoms with E-state index in [-0.39, 0.29) is 22.6 Å². The lowest BCUT2D eigenvalue weighted by Gasteiger charge is -2.24. The molecule has 1 aromatic rings. The Kier molecular flexibility index (Phi) is 2.68. The molecule has 0 bridgehead atoms. The molecule has 1 atom stereocenters. The number of ether oxygens (including phenoxy) is 2. The second-order valence-electron chi connectivity index (χ2n) is 3.69. The smallest absolute Gasteiger partial charge is 0.342 e. The van der Waals surface area contributed by atoms with E-state index >= 15 is 0 Å². The van der Waals surface area contributed by atoms with Gasteiger partial charge in [0, 0.05) is 12.5 Å². The fraction of sp³-hybridized carbons (Fsp3) is 0.364. The molecule has 0 spiro atoms. The number of halogens is 1. The van der Waals surface area contributed by atoms with Crippen LogP contribution in [0.4, 0.5) is 0 Å². The molecule has 0 saturated carbocycles. The van der Waals surface area contributed by atoms with Crippen LogP contribution in [0.15, 0.2) is 6.07 Å². The molecule has 16 heavy (non-hydrogen) atoms. The minimum Gasteiger partial charge on any atom is -0.506 e. The maximum absolute atomic E-state index is 11.7. The Hall–Kier alpha value is -1.42. The molecule has 0 saturated heterocycles. The lowest BCUT2D eigenvalue weighted by Crippen LogP contribution is -2.26. The summed E-state index contributed by atoms with van der Waals surface area (Å²) in [6.07, 6.45) is 0.231. The van der Waals surface area contributed by atoms with Gasteiger partial charge in [0.25, 0.3) is 0 Å². The van der Waals surface area contributed by atoms with Gasteiger partial charge in [-0.3, -0.25) is 0 Å². The van der Waals surface area contributed by atoms with Crippen LogP contribution in [-0.2, 0) is 11.2 Å². The molecule has 4 nitrogen and oxygen atoms in total. The number of benzene rings is 1. The number of rotatable bonds is 1. The number of esters is 1. The average Bonchev–Trinajstić information content (AvgIpc) is 2.23. The first-order valence-electron chi connectivity index (χ1n) is 4.84. The van der Waals surface area contributed by atoms with E-state index in [1.54, 1.807) is 6.92 Å². The Morgan fingerprint density at radius 2 is 2.31 bits per heavy atom. The molecule has 1 heterocycles. The molecule has 1 aromatic carbocycles. The van der Waals surface area contributed by atoms with Crippen LogP contribution in [0.1, 0.15) is 22.8 Å². The van der Waals surface area contributed by atoms with Crippen molar-refractivity contribution in [3.63, 3.8) is 0 Å². The maximum atomic E-state index is 11.7. The molecule has 0 unspecified atom stereocenters. The summed E-state index contributed by atoms with van der Waals surface area (Å²) in [4.78, 5) is 11.7. The SMILES string of the molecule is COc1cc(O)c(Cl)c2c1C(=O)O[C@H](C)C2. The van der Waals surface area contributed by atoms with Crippen LogP contribution in [0.2, 0.25) is 5.02 Å². The van der Waals surface area contributed by atoms with Crippen molar-refractivity contribution in [3.05, 3.63) is 22.2 Å². The number of fused-ring (bicyclic) bond motifs is 1. The van der Waals surface area contributed by atoms with Gasteiger partial charge in [-0.25, -0.2) is 4.79 Å². The van der Waals surface area contributed by atoms with Crippen LogP contribution >= 0.6 is 11.6 Å². The number of phenols is 1. The van der Waals surface area contributed by atoms with Gasteiger partial charge in [0.15, 0.2) is 0 Å². The fourth-order valence-electron chi connectivity index (χ4n) is 1.82. The Morgan fingerprint density at radius 1 is 1.62 bits per heavy atom. The molecule has 0 amide bonds. The number of methoxy groups -OCH3 is 1. The molecule has 0 radical (unpaired) electrons. The van der Waals surface area contributed by atoms with Gasteiger partial charge in [0.1, 0.15) is 23.2 Å². The van der Waals surface area contributed by atoms with Crippen molar-refractivity contribution in [3.8, 4) is 11.5 Å². The van der Waals surface area contributed by atoms with E-state index in [1.165, 1.54) is 13.2 Å². The first kappa shape index (κ1) is 11.1. The maximum Gasteiger partial charge on any atom is 0.342 e. The van der Waals surface area contributed by atoms with E-state index in [2.05, 4.69) is 0 Å². The summed E-state index contributed by atoms with van der Waals surface area (Å²) < 4.78 is 10.1. The van der Waals surface area contributed by atoms with Crippen LogP contribution in [-0.4, -0.2) is 24.3 Å². The van der Waals surface area contributed by atoms with E-state index in [0.29, 0.717) is 17.5 Å². The molecule has 86 valence electrons. The summed E-state index contributed by atoms with van der Waals surface area (Å²) in [5, 5.41) is 9.79. The molecular formula is C11H11ClO4. The number of hydrogen-bond acceptors (Lipinski definition) is 4. The lowest BCUT2D eigenvalue weighted by atomic mass is 9.97. The largest absolute Gasteiger partial charge is 0.506 e. The van der Waals surface area contributed by atoms with Crippen molar-refractivity contribution in [2.45, 2.75) is 19.4 Å². The summed E-state index contributed by atoms with van der Waals surface area (Å²) in [6.45, 7) is 1.77. The number of carbonyl (C=O) groups is 1. The molecule has 1 aliphatic rings. The number of cyclic esters (lactones) is 1. The van der Waals surface area contributed by atoms with E-state index in [1.807, 2.05) is 0 Å². The van der Waals surface area contributed by atoms with Gasteiger partial charge >= 0.3 is 5.97 Å². The molecule has 5 heteroatoms. The minimum absolute atomic E-state index is 0.0841. The number of hydrogen-bond donors (Lipinski definition) is 1. The van der Waals surface area contributed by atoms with E-state index < -0.39 is 5.97 Å². The van der Waals surface area contributed by atoms with Crippen molar-refractivity contribution < 1.29 is 19.4 Å². The van der Waals surface area contributed by atoms with Crippen molar-refractivity contribution >= 4 is 17.6 Å². The van der Waals surface area contributed by atoms with Crippen LogP contribution in [0.3, 0.4) is 0 Å². The predicted molar refractivity (Wildman–Crippen MR) is 58.3 cm³/mol. The predicted octanol–water partition coefficient (Wildman–Crippen LogP) is 2.16. The highest BCUT2D eigenvalue weighted by molar-refractivity contribution is 6.33. The third kappa shape index (κ3) is 1.59. The Balaban J connectivity index is 2.68. The first-order valence-corrected chi connectivity index (χ1v) is 5.21. The Morgan fingerprint density at radius 3 is 2.94 bits per heavy atom. The quantitative estimate of drug-likeness (QED) is 0.767. The van der Waals surface area contributed by atoms with Gasteiger partial charge in [-0.1, -0.05) is 11.6 Å². The summed E-state index contributed by atoms with van der Waals surface area (Å²) in [7, 11) is 1.42. The third-order valence-corrected chi connectivity index (χ3v) is 2.95. The fourth-order valence-corrected chi connectivity index (χ4v) is 2.05. The van der Waals surface area contributed by atoms with Gasteiger partial charge in [-0.15, -0.1) is 0 Å². The third-order valence-electron chi connectivity index (χ3n) is 2.53. The highest BCUT2D eigenvalue weighted by atomic mass is 35.5. The zero-order valence-corrected chi connectivity index (χ0v) is 9.67. The molecule has 1 N–H and O–H groups in total. The molecule has 0 fully saturated rings. The zero-order chi connectivity index (χ0) is 11.9. The number of aromatic hydroxyl groups is 1. The summed E-state index contributed by atoms with van der Waals surface area (Å²) >= 11 is 5.96. The summed E-state index contributed by atoms with van der Waals surface area (Å²) in [5.41, 5.74) is 0.894. The van der Waals surface area contributed by atoms with Gasteiger partial charge in [0.05, 0.1) is 12.1 Å². The Bertz CT molecular complexity index is 456. The van der Waals surface area contributed by atoms with Gasteiger partial charge in [-0.05, 0) is 12.5 Å². The van der Waals surface area contributed by atoms with Crippen LogP contribution in [0.5, 0.6) is 11.5 Å². The van der Waals surface area contributed by atoms with Crippen molar-refractivity contribution in [2.24, 2.45) is 0 Å². The number of phenolic OH excluding ortho intramolecular Hbond substituents is 1. The van der Waals surface area contributed by atoms with E-state index in [0.717, 1.165) is 0 Å². The van der Waals surface area contributed by atoms with Crippen LogP contribution in [0.25, 0.3) is 0 Å². The van der Waals surface area contributed by atoms with Gasteiger partial charge < -0.3 is 14.6 Å². The zero-order valence-electron chi connectivity index (χ0n) is 8.91. The van der Waals surface area contributed by atoms with Crippen molar-refractivity contribution in [2.75, 3.05) is 7.11 Å². The normalized spacial score (nSPS) is 18.9. The highest BCUT2D eigenvalue weighted by Gasteiger charge is 2.30. The number of carbonyl (C=O) groups excluding carboxylic acids is 1. The van der Waals surface area contributed by atoms with Gasteiger partial charge in [-0.2, -0.15) is 0 Å². The second-order valence-corrected chi connectivity index (χ2v) is 4.06. The molecule has 0 aliphatic carbocycles. The van der Waals surface area contributed by atoms with Crippen molar-refractivity contribution in [1.29, 1.82) is 0 Å². The lowest BCUT2D eigenvalue weighted by molar-refractivity contribution is 0.0296. The van der Waals surface area contributed by atoms with Crippen molar-refractivity contribution in [1.82, 2.24) is 0 Å². The standard InChI is InChI=1S/C11H11ClO4/c1-5-3-6-9(11(14)16-5)8(15-2)4-7(13)10(6)12/h4-5,13H,3H2,1-2H3/t5-/m1/s1. The van der Waals surface area contributed by atoms with E-state index in [9.17, 15) is 9.90 Å².